The van der Waals surface area contributed by atoms with E-state index in [-0.39, 0.29) is 5.41 Å². The van der Waals surface area contributed by atoms with Gasteiger partial charge in [0.05, 0.1) is 18.1 Å². The summed E-state index contributed by atoms with van der Waals surface area (Å²) in [5, 5.41) is 8.84. The highest BCUT2D eigenvalue weighted by atomic mass is 16.5. The normalized spacial score (nSPS) is 11.7. The number of rotatable bonds is 8. The standard InChI is InChI=1S/C12H24N2O/c1-12(2,11-13)7-5-6-8-14(3)9-10-15-4/h5-10H2,1-4H3. The van der Waals surface area contributed by atoms with Gasteiger partial charge in [0.2, 0.25) is 0 Å². The smallest absolute Gasteiger partial charge is 0.0683 e. The van der Waals surface area contributed by atoms with Crippen LogP contribution >= 0.6 is 0 Å². The molecular formula is C12H24N2O. The topological polar surface area (TPSA) is 36.3 Å². The highest BCUT2D eigenvalue weighted by Crippen LogP contribution is 2.21. The Kier molecular flexibility index (Phi) is 7.37. The predicted molar refractivity (Wildman–Crippen MR) is 62.6 cm³/mol. The van der Waals surface area contributed by atoms with Gasteiger partial charge in [-0.3, -0.25) is 0 Å². The maximum atomic E-state index is 8.84. The molecule has 0 aromatic rings. The summed E-state index contributed by atoms with van der Waals surface area (Å²) in [6, 6.07) is 2.33. The van der Waals surface area contributed by atoms with E-state index < -0.39 is 0 Å². The monoisotopic (exact) mass is 212 g/mol. The van der Waals surface area contributed by atoms with Gasteiger partial charge in [0.1, 0.15) is 0 Å². The average Bonchev–Trinajstić information content (AvgIpc) is 2.21. The van der Waals surface area contributed by atoms with E-state index in [1.54, 1.807) is 7.11 Å². The van der Waals surface area contributed by atoms with Gasteiger partial charge in [-0.2, -0.15) is 5.26 Å². The van der Waals surface area contributed by atoms with E-state index in [1.807, 2.05) is 13.8 Å². The van der Waals surface area contributed by atoms with Crippen molar-refractivity contribution in [1.82, 2.24) is 4.90 Å². The van der Waals surface area contributed by atoms with Crippen molar-refractivity contribution in [2.24, 2.45) is 5.41 Å². The summed E-state index contributed by atoms with van der Waals surface area (Å²) >= 11 is 0. The van der Waals surface area contributed by atoms with E-state index in [4.69, 9.17) is 10.00 Å². The second-order valence-corrected chi connectivity index (χ2v) is 4.75. The van der Waals surface area contributed by atoms with Crippen LogP contribution in [0.15, 0.2) is 0 Å². The van der Waals surface area contributed by atoms with Crippen molar-refractivity contribution in [1.29, 1.82) is 5.26 Å². The van der Waals surface area contributed by atoms with Crippen LogP contribution in [-0.2, 0) is 4.74 Å². The van der Waals surface area contributed by atoms with E-state index in [2.05, 4.69) is 18.0 Å². The molecule has 0 heterocycles. The van der Waals surface area contributed by atoms with Crippen molar-refractivity contribution in [3.63, 3.8) is 0 Å². The number of methoxy groups -OCH3 is 1. The van der Waals surface area contributed by atoms with E-state index >= 15 is 0 Å². The number of hydrogen-bond acceptors (Lipinski definition) is 3. The molecule has 0 radical (unpaired) electrons. The van der Waals surface area contributed by atoms with E-state index in [1.165, 1.54) is 0 Å². The van der Waals surface area contributed by atoms with Gasteiger partial charge in [0.15, 0.2) is 0 Å². The van der Waals surface area contributed by atoms with Crippen LogP contribution in [0, 0.1) is 16.7 Å². The van der Waals surface area contributed by atoms with Crippen molar-refractivity contribution < 1.29 is 4.74 Å². The zero-order chi connectivity index (χ0) is 11.7. The molecule has 0 saturated carbocycles. The molecule has 0 atom stereocenters. The van der Waals surface area contributed by atoms with Crippen molar-refractivity contribution in [3.8, 4) is 6.07 Å². The SMILES string of the molecule is COCCN(C)CCCCC(C)(C)C#N. The molecule has 0 aromatic carbocycles. The third kappa shape index (κ3) is 8.41. The molecule has 15 heavy (non-hydrogen) atoms. The lowest BCUT2D eigenvalue weighted by Gasteiger charge is -2.18. The van der Waals surface area contributed by atoms with Gasteiger partial charge in [-0.15, -0.1) is 0 Å². The maximum absolute atomic E-state index is 8.84. The van der Waals surface area contributed by atoms with Crippen molar-refractivity contribution in [2.75, 3.05) is 33.9 Å². The second-order valence-electron chi connectivity index (χ2n) is 4.75. The van der Waals surface area contributed by atoms with Gasteiger partial charge in [-0.05, 0) is 40.3 Å². The number of likely N-dealkylation sites (N-methyl/N-ethyl adjacent to an activating group) is 1. The number of ether oxygens (including phenoxy) is 1. The van der Waals surface area contributed by atoms with Crippen molar-refractivity contribution in [3.05, 3.63) is 0 Å². The van der Waals surface area contributed by atoms with Crippen molar-refractivity contribution in [2.45, 2.75) is 33.1 Å². The number of unbranched alkanes of at least 4 members (excludes halogenated alkanes) is 1. The summed E-state index contributed by atoms with van der Waals surface area (Å²) in [5.74, 6) is 0. The molecule has 88 valence electrons. The minimum absolute atomic E-state index is 0.162. The third-order valence-corrected chi connectivity index (χ3v) is 2.57. The summed E-state index contributed by atoms with van der Waals surface area (Å²) in [6.45, 7) is 6.87. The van der Waals surface area contributed by atoms with Crippen LogP contribution in [0.4, 0.5) is 0 Å². The highest BCUT2D eigenvalue weighted by molar-refractivity contribution is 4.91. The summed E-state index contributed by atoms with van der Waals surface area (Å²) < 4.78 is 5.01. The van der Waals surface area contributed by atoms with Gasteiger partial charge < -0.3 is 9.64 Å². The molecule has 0 aromatic heterocycles. The van der Waals surface area contributed by atoms with Gasteiger partial charge >= 0.3 is 0 Å². The number of nitrogens with zero attached hydrogens (tertiary/aromatic N) is 2. The van der Waals surface area contributed by atoms with E-state index in [9.17, 15) is 0 Å². The lowest BCUT2D eigenvalue weighted by atomic mass is 9.89. The Morgan fingerprint density at radius 2 is 1.93 bits per heavy atom. The molecule has 3 heteroatoms. The van der Waals surface area contributed by atoms with Gasteiger partial charge in [-0.1, -0.05) is 6.42 Å². The van der Waals surface area contributed by atoms with E-state index in [0.29, 0.717) is 0 Å². The summed E-state index contributed by atoms with van der Waals surface area (Å²) in [7, 11) is 3.83. The highest BCUT2D eigenvalue weighted by Gasteiger charge is 2.15. The Bertz CT molecular complexity index is 196. The first kappa shape index (κ1) is 14.4. The fourth-order valence-electron chi connectivity index (χ4n) is 1.36. The summed E-state index contributed by atoms with van der Waals surface area (Å²) in [6.07, 6.45) is 3.27. The Labute approximate surface area is 94.0 Å². The van der Waals surface area contributed by atoms with E-state index in [0.717, 1.165) is 39.0 Å². The Morgan fingerprint density at radius 3 is 2.47 bits per heavy atom. The first-order valence-corrected chi connectivity index (χ1v) is 5.60. The molecule has 0 aliphatic rings. The van der Waals surface area contributed by atoms with Crippen LogP contribution < -0.4 is 0 Å². The molecule has 0 aliphatic carbocycles. The number of hydrogen-bond donors (Lipinski definition) is 0. The molecule has 0 fully saturated rings. The zero-order valence-electron chi connectivity index (χ0n) is 10.5. The average molecular weight is 212 g/mol. The molecule has 0 N–H and O–H groups in total. The minimum atomic E-state index is -0.162. The van der Waals surface area contributed by atoms with Crippen LogP contribution in [0.25, 0.3) is 0 Å². The van der Waals surface area contributed by atoms with Gasteiger partial charge in [0.25, 0.3) is 0 Å². The molecule has 0 bridgehead atoms. The third-order valence-electron chi connectivity index (χ3n) is 2.57. The number of nitriles is 1. The largest absolute Gasteiger partial charge is 0.383 e. The fraction of sp³-hybridized carbons (Fsp3) is 0.917. The first-order valence-electron chi connectivity index (χ1n) is 5.60. The molecule has 0 spiro atoms. The fourth-order valence-corrected chi connectivity index (χ4v) is 1.36. The molecular weight excluding hydrogens is 188 g/mol. The van der Waals surface area contributed by atoms with Crippen LogP contribution in [0.5, 0.6) is 0 Å². The Hall–Kier alpha value is -0.590. The molecule has 3 nitrogen and oxygen atoms in total. The van der Waals surface area contributed by atoms with Crippen molar-refractivity contribution >= 4 is 0 Å². The predicted octanol–water partition coefficient (Wildman–Crippen LogP) is 2.28. The lowest BCUT2D eigenvalue weighted by molar-refractivity contribution is 0.160. The lowest BCUT2D eigenvalue weighted by Crippen LogP contribution is -2.24. The van der Waals surface area contributed by atoms with Crippen LogP contribution in [0.1, 0.15) is 33.1 Å². The Morgan fingerprint density at radius 1 is 1.27 bits per heavy atom. The molecule has 0 saturated heterocycles. The first-order chi connectivity index (χ1) is 7.02. The van der Waals surface area contributed by atoms with Crippen LogP contribution in [0.3, 0.4) is 0 Å². The minimum Gasteiger partial charge on any atom is -0.383 e. The van der Waals surface area contributed by atoms with Gasteiger partial charge in [0, 0.05) is 13.7 Å². The molecule has 0 aliphatic heterocycles. The zero-order valence-corrected chi connectivity index (χ0v) is 10.5. The van der Waals surface area contributed by atoms with Crippen LogP contribution in [-0.4, -0.2) is 38.8 Å². The van der Waals surface area contributed by atoms with Gasteiger partial charge in [-0.25, -0.2) is 0 Å². The molecule has 0 unspecified atom stereocenters. The summed E-state index contributed by atoms with van der Waals surface area (Å²) in [5.41, 5.74) is -0.162. The maximum Gasteiger partial charge on any atom is 0.0683 e. The summed E-state index contributed by atoms with van der Waals surface area (Å²) in [4.78, 5) is 2.27. The molecule has 0 amide bonds. The Balaban J connectivity index is 3.43. The second kappa shape index (κ2) is 7.67. The molecule has 0 rings (SSSR count). The quantitative estimate of drug-likeness (QED) is 0.579. The van der Waals surface area contributed by atoms with Crippen LogP contribution in [0.2, 0.25) is 0 Å².